The number of hydrogen-bond acceptors (Lipinski definition) is 6. The van der Waals surface area contributed by atoms with Gasteiger partial charge in [-0.25, -0.2) is 9.38 Å². The van der Waals surface area contributed by atoms with Crippen LogP contribution in [-0.4, -0.2) is 64.7 Å². The minimum Gasteiger partial charge on any atom is -0.494 e. The molecule has 2 saturated heterocycles. The van der Waals surface area contributed by atoms with Crippen molar-refractivity contribution in [2.24, 2.45) is 10.1 Å². The number of aliphatic imine (C=N–C) groups is 1. The fraction of sp³-hybridized carbons (Fsp3) is 0.304. The number of hydrogen-bond donors (Lipinski definition) is 3. The predicted octanol–water partition coefficient (Wildman–Crippen LogP) is 2.91. The second-order valence-electron chi connectivity index (χ2n) is 8.28. The molecule has 3 aliphatic heterocycles. The summed E-state index contributed by atoms with van der Waals surface area (Å²) in [5.41, 5.74) is 3.64. The molecule has 0 spiro atoms. The number of piperazine rings is 1. The van der Waals surface area contributed by atoms with Gasteiger partial charge in [0.1, 0.15) is 23.8 Å². The number of aromatic amines is 1. The number of nitrogens with zero attached hydrogens (tertiary/aromatic N) is 3. The molecule has 0 radical (unpaired) electrons. The summed E-state index contributed by atoms with van der Waals surface area (Å²) in [4.78, 5) is 15.8. The van der Waals surface area contributed by atoms with Gasteiger partial charge >= 0.3 is 0 Å². The van der Waals surface area contributed by atoms with E-state index in [1.807, 2.05) is 24.3 Å². The summed E-state index contributed by atoms with van der Waals surface area (Å²) in [5, 5.41) is 19.1. The molecule has 6 rings (SSSR count). The molecule has 0 amide bonds. The SMILES string of the molecule is Oc1[nH]c2ccc(F)cc2c1C1=Nc2ccccc2/C1=N\OCCN1C[C@H]2C[C@@H]1CN2. The van der Waals surface area contributed by atoms with E-state index in [2.05, 4.69) is 25.3 Å². The fourth-order valence-electron chi connectivity index (χ4n) is 4.92. The van der Waals surface area contributed by atoms with Gasteiger partial charge in [-0.1, -0.05) is 23.4 Å². The Bertz CT molecular complexity index is 1230. The summed E-state index contributed by atoms with van der Waals surface area (Å²) >= 11 is 0. The van der Waals surface area contributed by atoms with Gasteiger partial charge in [0, 0.05) is 48.2 Å². The van der Waals surface area contributed by atoms with E-state index in [0.29, 0.717) is 46.6 Å². The number of oxime groups is 1. The van der Waals surface area contributed by atoms with E-state index in [9.17, 15) is 9.50 Å². The van der Waals surface area contributed by atoms with Crippen molar-refractivity contribution in [1.29, 1.82) is 0 Å². The highest BCUT2D eigenvalue weighted by Crippen LogP contribution is 2.36. The number of likely N-dealkylation sites (tertiary alicyclic amines) is 1. The lowest BCUT2D eigenvalue weighted by molar-refractivity contribution is 0.101. The molecule has 2 bridgehead atoms. The molecule has 158 valence electrons. The van der Waals surface area contributed by atoms with Crippen LogP contribution in [0.25, 0.3) is 10.9 Å². The second-order valence-corrected chi connectivity index (χ2v) is 8.28. The van der Waals surface area contributed by atoms with Crippen molar-refractivity contribution in [1.82, 2.24) is 15.2 Å². The van der Waals surface area contributed by atoms with Gasteiger partial charge in [0.25, 0.3) is 0 Å². The van der Waals surface area contributed by atoms with Crippen molar-refractivity contribution in [3.05, 3.63) is 59.4 Å². The largest absolute Gasteiger partial charge is 0.494 e. The van der Waals surface area contributed by atoms with Crippen molar-refractivity contribution in [2.75, 3.05) is 26.2 Å². The lowest BCUT2D eigenvalue weighted by atomic mass is 10.0. The molecule has 2 aromatic carbocycles. The number of aromatic hydroxyl groups is 1. The Morgan fingerprint density at radius 2 is 2.16 bits per heavy atom. The predicted molar refractivity (Wildman–Crippen MR) is 117 cm³/mol. The Morgan fingerprint density at radius 1 is 1.26 bits per heavy atom. The van der Waals surface area contributed by atoms with E-state index in [-0.39, 0.29) is 11.7 Å². The molecule has 7 nitrogen and oxygen atoms in total. The van der Waals surface area contributed by atoms with Crippen LogP contribution in [-0.2, 0) is 4.84 Å². The summed E-state index contributed by atoms with van der Waals surface area (Å²) in [5.74, 6) is -0.451. The Kier molecular flexibility index (Phi) is 4.29. The molecule has 3 aliphatic rings. The van der Waals surface area contributed by atoms with Gasteiger partial charge in [0.15, 0.2) is 5.88 Å². The van der Waals surface area contributed by atoms with E-state index < -0.39 is 0 Å². The van der Waals surface area contributed by atoms with Crippen LogP contribution in [0.1, 0.15) is 17.5 Å². The lowest BCUT2D eigenvalue weighted by Crippen LogP contribution is -2.44. The lowest BCUT2D eigenvalue weighted by Gasteiger charge is -2.26. The summed E-state index contributed by atoms with van der Waals surface area (Å²) in [6.45, 7) is 3.38. The summed E-state index contributed by atoms with van der Waals surface area (Å²) < 4.78 is 13.9. The van der Waals surface area contributed by atoms with Crippen LogP contribution in [0.2, 0.25) is 0 Å². The van der Waals surface area contributed by atoms with Crippen LogP contribution in [0.4, 0.5) is 10.1 Å². The highest BCUT2D eigenvalue weighted by Gasteiger charge is 2.37. The number of fused-ring (bicyclic) bond motifs is 4. The molecule has 31 heavy (non-hydrogen) atoms. The Labute approximate surface area is 178 Å². The average Bonchev–Trinajstić information content (AvgIpc) is 3.52. The monoisotopic (exact) mass is 419 g/mol. The Morgan fingerprint density at radius 3 is 3.00 bits per heavy atom. The number of benzene rings is 2. The fourth-order valence-corrected chi connectivity index (χ4v) is 4.92. The van der Waals surface area contributed by atoms with Crippen molar-refractivity contribution >= 4 is 28.0 Å². The molecule has 3 N–H and O–H groups in total. The summed E-state index contributed by atoms with van der Waals surface area (Å²) in [6, 6.07) is 13.1. The molecule has 2 atom stereocenters. The number of rotatable bonds is 5. The maximum Gasteiger partial charge on any atom is 0.199 e. The topological polar surface area (TPSA) is 85.2 Å². The maximum atomic E-state index is 13.9. The third-order valence-electron chi connectivity index (χ3n) is 6.39. The number of halogens is 1. The third-order valence-corrected chi connectivity index (χ3v) is 6.39. The van der Waals surface area contributed by atoms with Gasteiger partial charge in [-0.15, -0.1) is 0 Å². The smallest absolute Gasteiger partial charge is 0.199 e. The first-order valence-electron chi connectivity index (χ1n) is 10.5. The molecule has 8 heteroatoms. The number of para-hydroxylation sites is 1. The average molecular weight is 419 g/mol. The molecule has 3 aromatic rings. The zero-order valence-electron chi connectivity index (χ0n) is 16.8. The molecule has 2 fully saturated rings. The van der Waals surface area contributed by atoms with Crippen LogP contribution in [0.5, 0.6) is 5.88 Å². The standard InChI is InChI=1S/C23H22FN5O2/c24-13-5-6-19-17(9-13)20(23(30)27-19)22-21(16-3-1-2-4-18(16)26-22)28-31-8-7-29-12-14-10-15(29)11-25-14/h1-6,9,14-15,25,27,30H,7-8,10-12H2/b28-21+/t14-,15-/m1/s1. The van der Waals surface area contributed by atoms with Gasteiger partial charge in [-0.05, 0) is 30.7 Å². The minimum atomic E-state index is -0.381. The van der Waals surface area contributed by atoms with Gasteiger partial charge < -0.3 is 20.2 Å². The first-order chi connectivity index (χ1) is 15.2. The van der Waals surface area contributed by atoms with Crippen LogP contribution in [0, 0.1) is 5.82 Å². The van der Waals surface area contributed by atoms with Crippen molar-refractivity contribution in [3.63, 3.8) is 0 Å². The summed E-state index contributed by atoms with van der Waals surface area (Å²) in [6.07, 6.45) is 1.20. The van der Waals surface area contributed by atoms with Gasteiger partial charge in [0.05, 0.1) is 11.3 Å². The van der Waals surface area contributed by atoms with Crippen LogP contribution in [0.15, 0.2) is 52.6 Å². The molecule has 0 aliphatic carbocycles. The van der Waals surface area contributed by atoms with E-state index in [1.165, 1.54) is 18.6 Å². The highest BCUT2D eigenvalue weighted by atomic mass is 19.1. The first-order valence-corrected chi connectivity index (χ1v) is 10.5. The molecular weight excluding hydrogens is 397 g/mol. The van der Waals surface area contributed by atoms with Gasteiger partial charge in [0.2, 0.25) is 0 Å². The molecular formula is C23H22FN5O2. The summed E-state index contributed by atoms with van der Waals surface area (Å²) in [7, 11) is 0. The molecule has 1 aromatic heterocycles. The highest BCUT2D eigenvalue weighted by molar-refractivity contribution is 6.58. The quantitative estimate of drug-likeness (QED) is 0.439. The third kappa shape index (κ3) is 3.10. The first kappa shape index (κ1) is 18.5. The molecule has 0 saturated carbocycles. The maximum absolute atomic E-state index is 13.9. The van der Waals surface area contributed by atoms with E-state index in [4.69, 9.17) is 4.84 Å². The minimum absolute atomic E-state index is 0.0690. The van der Waals surface area contributed by atoms with Crippen molar-refractivity contribution in [2.45, 2.75) is 18.5 Å². The molecule has 0 unspecified atom stereocenters. The normalized spacial score (nSPS) is 23.6. The zero-order chi connectivity index (χ0) is 20.9. The Hall–Kier alpha value is -3.23. The van der Waals surface area contributed by atoms with Gasteiger partial charge in [-0.2, -0.15) is 0 Å². The van der Waals surface area contributed by atoms with E-state index in [1.54, 1.807) is 6.07 Å². The van der Waals surface area contributed by atoms with Crippen LogP contribution >= 0.6 is 0 Å². The number of H-pyrrole nitrogens is 1. The van der Waals surface area contributed by atoms with Crippen molar-refractivity contribution in [3.8, 4) is 5.88 Å². The van der Waals surface area contributed by atoms with E-state index in [0.717, 1.165) is 30.9 Å². The number of aromatic nitrogens is 1. The number of nitrogens with one attached hydrogen (secondary N) is 2. The van der Waals surface area contributed by atoms with Gasteiger partial charge in [-0.3, -0.25) is 4.90 Å². The second kappa shape index (κ2) is 7.18. The molecule has 4 heterocycles. The van der Waals surface area contributed by atoms with Crippen molar-refractivity contribution < 1.29 is 14.3 Å². The zero-order valence-corrected chi connectivity index (χ0v) is 16.8. The van der Waals surface area contributed by atoms with Crippen LogP contribution < -0.4 is 5.32 Å². The Balaban J connectivity index is 1.31. The van der Waals surface area contributed by atoms with E-state index >= 15 is 0 Å². The van der Waals surface area contributed by atoms with Crippen LogP contribution in [0.3, 0.4) is 0 Å².